The minimum atomic E-state index is 0.295. The third-order valence-corrected chi connectivity index (χ3v) is 3.54. The van der Waals surface area contributed by atoms with Crippen molar-refractivity contribution < 1.29 is 5.11 Å². The summed E-state index contributed by atoms with van der Waals surface area (Å²) in [7, 11) is 0. The highest BCUT2D eigenvalue weighted by Gasteiger charge is 2.16. The fourth-order valence-corrected chi connectivity index (χ4v) is 2.89. The van der Waals surface area contributed by atoms with E-state index in [1.54, 1.807) is 0 Å². The first-order valence-electron chi connectivity index (χ1n) is 7.17. The molecule has 1 rings (SSSR count). The smallest absolute Gasteiger partial charge is 0.0558 e. The zero-order valence-electron chi connectivity index (χ0n) is 11.9. The second-order valence-electron chi connectivity index (χ2n) is 5.95. The molecule has 1 aliphatic heterocycles. The van der Waals surface area contributed by atoms with E-state index in [9.17, 15) is 0 Å². The summed E-state index contributed by atoms with van der Waals surface area (Å²) in [5, 5.41) is 8.97. The van der Waals surface area contributed by atoms with Gasteiger partial charge in [0.05, 0.1) is 6.61 Å². The molecule has 1 aliphatic rings. The molecule has 0 radical (unpaired) electrons. The molecule has 1 fully saturated rings. The van der Waals surface area contributed by atoms with Crippen LogP contribution in [0.15, 0.2) is 0 Å². The highest BCUT2D eigenvalue weighted by molar-refractivity contribution is 4.71. The van der Waals surface area contributed by atoms with Crippen molar-refractivity contribution in [2.24, 2.45) is 11.8 Å². The number of hydrogen-bond donors (Lipinski definition) is 1. The first-order chi connectivity index (χ1) is 8.11. The Morgan fingerprint density at radius 2 is 1.65 bits per heavy atom. The van der Waals surface area contributed by atoms with E-state index in [4.69, 9.17) is 5.11 Å². The predicted octanol–water partition coefficient (Wildman–Crippen LogP) is 1.67. The number of aliphatic hydroxyl groups is 1. The van der Waals surface area contributed by atoms with Gasteiger partial charge < -0.3 is 10.0 Å². The van der Waals surface area contributed by atoms with Gasteiger partial charge in [-0.1, -0.05) is 20.8 Å². The summed E-state index contributed by atoms with van der Waals surface area (Å²) < 4.78 is 0. The van der Waals surface area contributed by atoms with Gasteiger partial charge in [0.2, 0.25) is 0 Å². The lowest BCUT2D eigenvalue weighted by molar-refractivity contribution is 0.190. The van der Waals surface area contributed by atoms with E-state index in [1.807, 2.05) is 0 Å². The average Bonchev–Trinajstić information content (AvgIpc) is 2.43. The number of hydrogen-bond acceptors (Lipinski definition) is 3. The van der Waals surface area contributed by atoms with E-state index >= 15 is 0 Å². The van der Waals surface area contributed by atoms with Crippen LogP contribution < -0.4 is 0 Å². The highest BCUT2D eigenvalue weighted by atomic mass is 16.3. The highest BCUT2D eigenvalue weighted by Crippen LogP contribution is 2.13. The van der Waals surface area contributed by atoms with Gasteiger partial charge in [0.1, 0.15) is 0 Å². The Labute approximate surface area is 107 Å². The van der Waals surface area contributed by atoms with Crippen molar-refractivity contribution >= 4 is 0 Å². The summed E-state index contributed by atoms with van der Waals surface area (Å²) in [5.74, 6) is 1.61. The third-order valence-electron chi connectivity index (χ3n) is 3.54. The number of nitrogens with zero attached hydrogens (tertiary/aromatic N) is 2. The minimum absolute atomic E-state index is 0.295. The SMILES string of the molecule is CC(C)CC(C)CN1CCCN(CCO)CC1. The fraction of sp³-hybridized carbons (Fsp3) is 1.00. The Hall–Kier alpha value is -0.120. The van der Waals surface area contributed by atoms with Crippen molar-refractivity contribution in [2.75, 3.05) is 45.9 Å². The molecule has 1 saturated heterocycles. The summed E-state index contributed by atoms with van der Waals surface area (Å²) in [6, 6.07) is 0. The topological polar surface area (TPSA) is 26.7 Å². The van der Waals surface area contributed by atoms with Crippen molar-refractivity contribution in [3.05, 3.63) is 0 Å². The molecule has 3 heteroatoms. The fourth-order valence-electron chi connectivity index (χ4n) is 2.89. The van der Waals surface area contributed by atoms with Crippen LogP contribution in [0.5, 0.6) is 0 Å². The lowest BCUT2D eigenvalue weighted by atomic mass is 9.98. The molecule has 1 unspecified atom stereocenters. The Balaban J connectivity index is 2.26. The molecule has 0 aliphatic carbocycles. The quantitative estimate of drug-likeness (QED) is 0.767. The summed E-state index contributed by atoms with van der Waals surface area (Å²) in [6.45, 7) is 14.0. The van der Waals surface area contributed by atoms with Crippen molar-refractivity contribution in [1.82, 2.24) is 9.80 Å². The van der Waals surface area contributed by atoms with Gasteiger partial charge in [-0.3, -0.25) is 4.90 Å². The molecule has 0 spiro atoms. The van der Waals surface area contributed by atoms with Crippen LogP contribution in [-0.4, -0.2) is 60.8 Å². The van der Waals surface area contributed by atoms with Crippen LogP contribution in [0.1, 0.15) is 33.6 Å². The summed E-state index contributed by atoms with van der Waals surface area (Å²) in [5.41, 5.74) is 0. The Bertz CT molecular complexity index is 197. The maximum atomic E-state index is 8.97. The second-order valence-corrected chi connectivity index (χ2v) is 5.95. The van der Waals surface area contributed by atoms with Gasteiger partial charge in [-0.25, -0.2) is 0 Å². The van der Waals surface area contributed by atoms with E-state index in [0.29, 0.717) is 6.61 Å². The van der Waals surface area contributed by atoms with Crippen molar-refractivity contribution in [3.8, 4) is 0 Å². The zero-order chi connectivity index (χ0) is 12.7. The van der Waals surface area contributed by atoms with E-state index in [-0.39, 0.29) is 0 Å². The van der Waals surface area contributed by atoms with Gasteiger partial charge in [-0.15, -0.1) is 0 Å². The molecule has 0 aromatic heterocycles. The van der Waals surface area contributed by atoms with Gasteiger partial charge in [-0.05, 0) is 37.8 Å². The van der Waals surface area contributed by atoms with Crippen molar-refractivity contribution in [1.29, 1.82) is 0 Å². The van der Waals surface area contributed by atoms with E-state index in [0.717, 1.165) is 31.5 Å². The summed E-state index contributed by atoms with van der Waals surface area (Å²) in [4.78, 5) is 4.98. The number of aliphatic hydroxyl groups excluding tert-OH is 1. The van der Waals surface area contributed by atoms with Gasteiger partial charge in [-0.2, -0.15) is 0 Å². The molecule has 17 heavy (non-hydrogen) atoms. The predicted molar refractivity (Wildman–Crippen MR) is 73.2 cm³/mol. The first-order valence-corrected chi connectivity index (χ1v) is 7.17. The molecule has 1 N–H and O–H groups in total. The molecule has 1 atom stereocenters. The van der Waals surface area contributed by atoms with Crippen LogP contribution in [0.4, 0.5) is 0 Å². The van der Waals surface area contributed by atoms with Crippen LogP contribution >= 0.6 is 0 Å². The molecule has 0 bridgehead atoms. The largest absolute Gasteiger partial charge is 0.395 e. The Morgan fingerprint density at radius 3 is 2.29 bits per heavy atom. The van der Waals surface area contributed by atoms with E-state index < -0.39 is 0 Å². The Morgan fingerprint density at radius 1 is 1.00 bits per heavy atom. The third kappa shape index (κ3) is 6.39. The van der Waals surface area contributed by atoms with Gasteiger partial charge in [0.25, 0.3) is 0 Å². The van der Waals surface area contributed by atoms with E-state index in [2.05, 4.69) is 30.6 Å². The van der Waals surface area contributed by atoms with Crippen LogP contribution in [0, 0.1) is 11.8 Å². The van der Waals surface area contributed by atoms with Crippen molar-refractivity contribution in [2.45, 2.75) is 33.6 Å². The normalized spacial score (nSPS) is 21.7. The molecule has 102 valence electrons. The van der Waals surface area contributed by atoms with Crippen LogP contribution in [0.25, 0.3) is 0 Å². The summed E-state index contributed by atoms with van der Waals surface area (Å²) >= 11 is 0. The maximum absolute atomic E-state index is 8.97. The monoisotopic (exact) mass is 242 g/mol. The zero-order valence-corrected chi connectivity index (χ0v) is 11.9. The van der Waals surface area contributed by atoms with E-state index in [1.165, 1.54) is 32.5 Å². The van der Waals surface area contributed by atoms with Crippen LogP contribution in [0.3, 0.4) is 0 Å². The van der Waals surface area contributed by atoms with Gasteiger partial charge >= 0.3 is 0 Å². The molecule has 0 aromatic carbocycles. The minimum Gasteiger partial charge on any atom is -0.395 e. The van der Waals surface area contributed by atoms with Crippen LogP contribution in [-0.2, 0) is 0 Å². The lowest BCUT2D eigenvalue weighted by Crippen LogP contribution is -2.34. The molecular weight excluding hydrogens is 212 g/mol. The molecule has 3 nitrogen and oxygen atoms in total. The maximum Gasteiger partial charge on any atom is 0.0558 e. The summed E-state index contributed by atoms with van der Waals surface area (Å²) in [6.07, 6.45) is 2.57. The molecule has 0 aromatic rings. The average molecular weight is 242 g/mol. The van der Waals surface area contributed by atoms with Gasteiger partial charge in [0.15, 0.2) is 0 Å². The van der Waals surface area contributed by atoms with Gasteiger partial charge in [0, 0.05) is 26.2 Å². The Kier molecular flexibility index (Phi) is 7.09. The number of β-amino-alcohol motifs (C(OH)–C–C–N with tert-alkyl or cyclic N) is 1. The molecule has 0 saturated carbocycles. The molecular formula is C14H30N2O. The van der Waals surface area contributed by atoms with Crippen LogP contribution in [0.2, 0.25) is 0 Å². The lowest BCUT2D eigenvalue weighted by Gasteiger charge is -2.25. The number of rotatable bonds is 6. The molecule has 1 heterocycles. The first kappa shape index (κ1) is 14.9. The molecule has 0 amide bonds. The second kappa shape index (κ2) is 8.06. The van der Waals surface area contributed by atoms with Crippen molar-refractivity contribution in [3.63, 3.8) is 0 Å². The standard InChI is InChI=1S/C14H30N2O/c1-13(2)11-14(3)12-16-6-4-5-15(7-8-16)9-10-17/h13-14,17H,4-12H2,1-3H3.